The minimum Gasteiger partial charge on any atom is -0.326 e. The van der Waals surface area contributed by atoms with Crippen LogP contribution in [-0.4, -0.2) is 18.4 Å². The third-order valence-corrected chi connectivity index (χ3v) is 4.21. The quantitative estimate of drug-likeness (QED) is 0.853. The highest BCUT2D eigenvalue weighted by atomic mass is 32.2. The first kappa shape index (κ1) is 15.5. The van der Waals surface area contributed by atoms with E-state index in [1.807, 2.05) is 0 Å². The maximum Gasteiger partial charge on any atom is 0.243 e. The summed E-state index contributed by atoms with van der Waals surface area (Å²) >= 11 is 0. The van der Waals surface area contributed by atoms with E-state index >= 15 is 0 Å². The predicted molar refractivity (Wildman–Crippen MR) is 75.1 cm³/mol. The average molecular weight is 310 g/mol. The average Bonchev–Trinajstić information content (AvgIpc) is 2.46. The van der Waals surface area contributed by atoms with Crippen LogP contribution in [-0.2, 0) is 23.1 Å². The maximum atomic E-state index is 13.7. The minimum atomic E-state index is -3.98. The van der Waals surface area contributed by atoms with Crippen molar-refractivity contribution in [2.24, 2.45) is 5.73 Å². The predicted octanol–water partition coefficient (Wildman–Crippen LogP) is 0.861. The lowest BCUT2D eigenvalue weighted by Gasteiger charge is -2.09. The lowest BCUT2D eigenvalue weighted by molar-refractivity contribution is 0.555. The van der Waals surface area contributed by atoms with Gasteiger partial charge in [0.25, 0.3) is 0 Å². The molecular weight excluding hydrogens is 295 g/mol. The molecule has 0 fully saturated rings. The summed E-state index contributed by atoms with van der Waals surface area (Å²) in [4.78, 5) is 7.57. The van der Waals surface area contributed by atoms with Crippen LogP contribution in [0.15, 0.2) is 35.4 Å². The highest BCUT2D eigenvalue weighted by Gasteiger charge is 2.19. The second-order valence-corrected chi connectivity index (χ2v) is 6.12. The lowest BCUT2D eigenvalue weighted by atomic mass is 10.2. The Morgan fingerprint density at radius 2 is 2.10 bits per heavy atom. The van der Waals surface area contributed by atoms with E-state index in [2.05, 4.69) is 14.7 Å². The molecule has 0 aliphatic carbocycles. The van der Waals surface area contributed by atoms with Crippen molar-refractivity contribution in [3.8, 4) is 0 Å². The van der Waals surface area contributed by atoms with E-state index in [-0.39, 0.29) is 13.1 Å². The zero-order valence-corrected chi connectivity index (χ0v) is 12.2. The molecule has 0 aliphatic heterocycles. The molecule has 3 N–H and O–H groups in total. The van der Waals surface area contributed by atoms with Gasteiger partial charge in [0.1, 0.15) is 16.5 Å². The number of nitrogens with zero attached hydrogens (tertiary/aromatic N) is 2. The molecule has 0 atom stereocenters. The molecule has 0 saturated heterocycles. The molecule has 8 heteroatoms. The van der Waals surface area contributed by atoms with Gasteiger partial charge in [0.15, 0.2) is 0 Å². The largest absolute Gasteiger partial charge is 0.326 e. The first-order chi connectivity index (χ1) is 9.92. The van der Waals surface area contributed by atoms with Gasteiger partial charge < -0.3 is 5.73 Å². The Morgan fingerprint density at radius 1 is 1.33 bits per heavy atom. The number of aromatic nitrogens is 2. The minimum absolute atomic E-state index is 0.0437. The van der Waals surface area contributed by atoms with Crippen molar-refractivity contribution in [3.63, 3.8) is 0 Å². The number of halogens is 1. The van der Waals surface area contributed by atoms with E-state index in [4.69, 9.17) is 5.73 Å². The van der Waals surface area contributed by atoms with Crippen molar-refractivity contribution in [3.05, 3.63) is 53.4 Å². The van der Waals surface area contributed by atoms with E-state index in [9.17, 15) is 12.8 Å². The molecule has 2 rings (SSSR count). The number of nitrogens with one attached hydrogen (secondary N) is 1. The highest BCUT2D eigenvalue weighted by molar-refractivity contribution is 7.89. The van der Waals surface area contributed by atoms with Crippen LogP contribution in [0.1, 0.15) is 17.1 Å². The number of hydrogen-bond acceptors (Lipinski definition) is 5. The van der Waals surface area contributed by atoms with Crippen LogP contribution in [0.5, 0.6) is 0 Å². The van der Waals surface area contributed by atoms with Gasteiger partial charge in [-0.25, -0.2) is 27.5 Å². The van der Waals surface area contributed by atoms with Gasteiger partial charge in [-0.1, -0.05) is 6.07 Å². The van der Waals surface area contributed by atoms with Gasteiger partial charge in [-0.2, -0.15) is 0 Å². The molecule has 1 heterocycles. The summed E-state index contributed by atoms with van der Waals surface area (Å²) in [5, 5.41) is 0. The van der Waals surface area contributed by atoms with Gasteiger partial charge in [0.05, 0.1) is 12.2 Å². The first-order valence-electron chi connectivity index (χ1n) is 6.19. The van der Waals surface area contributed by atoms with Crippen molar-refractivity contribution in [1.29, 1.82) is 0 Å². The van der Waals surface area contributed by atoms with Crippen LogP contribution >= 0.6 is 0 Å². The van der Waals surface area contributed by atoms with E-state index in [0.717, 1.165) is 6.07 Å². The summed E-state index contributed by atoms with van der Waals surface area (Å²) in [6.07, 6.45) is 1.53. The fraction of sp³-hybridized carbons (Fsp3) is 0.231. The summed E-state index contributed by atoms with van der Waals surface area (Å²) < 4.78 is 40.3. The number of aryl methyl sites for hydroxylation is 1. The number of sulfonamides is 1. The molecule has 0 saturated carbocycles. The van der Waals surface area contributed by atoms with E-state index in [1.54, 1.807) is 13.0 Å². The molecule has 6 nitrogen and oxygen atoms in total. The standard InChI is InChI=1S/C13H15FN4O2S/c1-9-16-5-4-11(18-9)8-17-21(19,20)13-6-10(7-15)2-3-12(13)14/h2-6,17H,7-8,15H2,1H3. The molecule has 112 valence electrons. The third kappa shape index (κ3) is 3.81. The second-order valence-electron chi connectivity index (χ2n) is 4.39. The van der Waals surface area contributed by atoms with E-state index in [0.29, 0.717) is 17.1 Å². The summed E-state index contributed by atoms with van der Waals surface area (Å²) in [6, 6.07) is 5.35. The molecule has 1 aromatic heterocycles. The van der Waals surface area contributed by atoms with Gasteiger partial charge >= 0.3 is 0 Å². The molecule has 21 heavy (non-hydrogen) atoms. The van der Waals surface area contributed by atoms with Crippen molar-refractivity contribution < 1.29 is 12.8 Å². The van der Waals surface area contributed by atoms with Crippen LogP contribution in [0.4, 0.5) is 4.39 Å². The second kappa shape index (κ2) is 6.25. The summed E-state index contributed by atoms with van der Waals surface area (Å²) in [5.74, 6) is -0.290. The maximum absolute atomic E-state index is 13.7. The molecular formula is C13H15FN4O2S. The molecule has 0 spiro atoms. The third-order valence-electron chi connectivity index (χ3n) is 2.80. The zero-order chi connectivity index (χ0) is 15.5. The molecule has 2 aromatic rings. The SMILES string of the molecule is Cc1nccc(CNS(=O)(=O)c2cc(CN)ccc2F)n1. The molecule has 0 bridgehead atoms. The van der Waals surface area contributed by atoms with Gasteiger partial charge in [-0.05, 0) is 30.7 Å². The smallest absolute Gasteiger partial charge is 0.243 e. The number of rotatable bonds is 5. The van der Waals surface area contributed by atoms with Crippen LogP contribution in [0.2, 0.25) is 0 Å². The van der Waals surface area contributed by atoms with Crippen molar-refractivity contribution in [2.45, 2.75) is 24.9 Å². The van der Waals surface area contributed by atoms with Crippen molar-refractivity contribution in [1.82, 2.24) is 14.7 Å². The number of hydrogen-bond donors (Lipinski definition) is 2. The molecule has 1 aromatic carbocycles. The van der Waals surface area contributed by atoms with Crippen LogP contribution < -0.4 is 10.5 Å². The Balaban J connectivity index is 2.22. The zero-order valence-electron chi connectivity index (χ0n) is 11.4. The van der Waals surface area contributed by atoms with Gasteiger partial charge in [0.2, 0.25) is 10.0 Å². The Labute approximate surface area is 122 Å². The summed E-state index contributed by atoms with van der Waals surface area (Å²) in [5.41, 5.74) is 6.48. The summed E-state index contributed by atoms with van der Waals surface area (Å²) in [7, 11) is -3.98. The van der Waals surface area contributed by atoms with Gasteiger partial charge in [-0.3, -0.25) is 0 Å². The molecule has 0 aliphatic rings. The fourth-order valence-electron chi connectivity index (χ4n) is 1.73. The van der Waals surface area contributed by atoms with Gasteiger partial charge in [0, 0.05) is 12.7 Å². The number of nitrogens with two attached hydrogens (primary N) is 1. The van der Waals surface area contributed by atoms with E-state index < -0.39 is 20.7 Å². The van der Waals surface area contributed by atoms with Crippen LogP contribution in [0.25, 0.3) is 0 Å². The van der Waals surface area contributed by atoms with E-state index in [1.165, 1.54) is 18.3 Å². The Hall–Kier alpha value is -1.90. The van der Waals surface area contributed by atoms with Crippen LogP contribution in [0, 0.1) is 12.7 Å². The molecule has 0 amide bonds. The Morgan fingerprint density at radius 3 is 2.76 bits per heavy atom. The normalized spacial score (nSPS) is 11.6. The first-order valence-corrected chi connectivity index (χ1v) is 7.67. The monoisotopic (exact) mass is 310 g/mol. The summed E-state index contributed by atoms with van der Waals surface area (Å²) in [6.45, 7) is 1.79. The molecule has 0 unspecified atom stereocenters. The Bertz CT molecular complexity index is 750. The van der Waals surface area contributed by atoms with Crippen molar-refractivity contribution >= 4 is 10.0 Å². The Kier molecular flexibility index (Phi) is 4.61. The molecule has 0 radical (unpaired) electrons. The lowest BCUT2D eigenvalue weighted by Crippen LogP contribution is -2.25. The number of benzene rings is 1. The highest BCUT2D eigenvalue weighted by Crippen LogP contribution is 2.16. The van der Waals surface area contributed by atoms with Crippen molar-refractivity contribution in [2.75, 3.05) is 0 Å². The topological polar surface area (TPSA) is 98.0 Å². The fourth-order valence-corrected chi connectivity index (χ4v) is 2.86. The van der Waals surface area contributed by atoms with Crippen LogP contribution in [0.3, 0.4) is 0 Å². The van der Waals surface area contributed by atoms with Gasteiger partial charge in [-0.15, -0.1) is 0 Å².